The normalized spacial score (nSPS) is 26.1. The van der Waals surface area contributed by atoms with Crippen LogP contribution in [-0.2, 0) is 9.59 Å². The molecule has 2 N–H and O–H groups in total. The second-order valence-electron chi connectivity index (χ2n) is 5.00. The number of hydrogen-bond acceptors (Lipinski definition) is 3. The van der Waals surface area contributed by atoms with Gasteiger partial charge in [-0.2, -0.15) is 0 Å². The zero-order chi connectivity index (χ0) is 13.8. The van der Waals surface area contributed by atoms with Gasteiger partial charge in [-0.15, -0.1) is 0 Å². The van der Waals surface area contributed by atoms with Crippen molar-refractivity contribution in [3.8, 4) is 0 Å². The third-order valence-electron chi connectivity index (χ3n) is 3.81. The van der Waals surface area contributed by atoms with Crippen molar-refractivity contribution in [2.75, 3.05) is 5.32 Å². The summed E-state index contributed by atoms with van der Waals surface area (Å²) in [5, 5.41) is 11.9. The predicted octanol–water partition coefficient (Wildman–Crippen LogP) is 2.16. The maximum Gasteiger partial charge on any atom is 0.307 e. The fourth-order valence-corrected chi connectivity index (χ4v) is 2.69. The maximum absolute atomic E-state index is 12.2. The van der Waals surface area contributed by atoms with Gasteiger partial charge in [0, 0.05) is 6.20 Å². The van der Waals surface area contributed by atoms with E-state index in [9.17, 15) is 14.7 Å². The summed E-state index contributed by atoms with van der Waals surface area (Å²) in [5.74, 6) is -1.35. The SMILES string of the molecule is CCC1C[C@H](C(=O)Nc2ccccn2)[C@H](C(=O)O)C1. The highest BCUT2D eigenvalue weighted by Gasteiger charge is 2.42. The molecule has 1 aliphatic rings. The monoisotopic (exact) mass is 262 g/mol. The Kier molecular flexibility index (Phi) is 4.14. The van der Waals surface area contributed by atoms with Gasteiger partial charge in [-0.05, 0) is 30.9 Å². The summed E-state index contributed by atoms with van der Waals surface area (Å²) < 4.78 is 0. The van der Waals surface area contributed by atoms with Crippen LogP contribution in [0.15, 0.2) is 24.4 Å². The number of pyridine rings is 1. The van der Waals surface area contributed by atoms with Crippen molar-refractivity contribution in [1.82, 2.24) is 4.98 Å². The quantitative estimate of drug-likeness (QED) is 0.871. The molecule has 1 aromatic heterocycles. The van der Waals surface area contributed by atoms with Crippen LogP contribution in [0.25, 0.3) is 0 Å². The number of carboxylic acid groups (broad SMARTS) is 1. The molecule has 19 heavy (non-hydrogen) atoms. The molecule has 0 aromatic carbocycles. The Morgan fingerprint density at radius 1 is 1.37 bits per heavy atom. The largest absolute Gasteiger partial charge is 0.481 e. The summed E-state index contributed by atoms with van der Waals surface area (Å²) in [7, 11) is 0. The second-order valence-corrected chi connectivity index (χ2v) is 5.00. The van der Waals surface area contributed by atoms with Gasteiger partial charge in [-0.1, -0.05) is 19.4 Å². The number of amides is 1. The molecule has 0 saturated heterocycles. The van der Waals surface area contributed by atoms with Crippen molar-refractivity contribution in [2.24, 2.45) is 17.8 Å². The Bertz CT molecular complexity index is 461. The third-order valence-corrected chi connectivity index (χ3v) is 3.81. The second kappa shape index (κ2) is 5.82. The highest BCUT2D eigenvalue weighted by atomic mass is 16.4. The number of carboxylic acids is 1. The molecule has 0 aliphatic heterocycles. The highest BCUT2D eigenvalue weighted by Crippen LogP contribution is 2.38. The fourth-order valence-electron chi connectivity index (χ4n) is 2.69. The van der Waals surface area contributed by atoms with Crippen molar-refractivity contribution in [3.05, 3.63) is 24.4 Å². The van der Waals surface area contributed by atoms with E-state index >= 15 is 0 Å². The van der Waals surface area contributed by atoms with Crippen LogP contribution >= 0.6 is 0 Å². The summed E-state index contributed by atoms with van der Waals surface area (Å²) in [4.78, 5) is 27.4. The van der Waals surface area contributed by atoms with E-state index in [4.69, 9.17) is 0 Å². The average molecular weight is 262 g/mol. The lowest BCUT2D eigenvalue weighted by atomic mass is 9.95. The highest BCUT2D eigenvalue weighted by molar-refractivity contribution is 5.94. The number of carbonyl (C=O) groups is 2. The Morgan fingerprint density at radius 3 is 2.68 bits per heavy atom. The number of aromatic nitrogens is 1. The number of carbonyl (C=O) groups excluding carboxylic acids is 1. The number of hydrogen-bond donors (Lipinski definition) is 2. The van der Waals surface area contributed by atoms with Gasteiger partial charge in [-0.3, -0.25) is 9.59 Å². The van der Waals surface area contributed by atoms with E-state index in [1.54, 1.807) is 24.4 Å². The maximum atomic E-state index is 12.2. The van der Waals surface area contributed by atoms with Gasteiger partial charge in [0.25, 0.3) is 0 Å². The molecule has 1 unspecified atom stereocenters. The lowest BCUT2D eigenvalue weighted by Crippen LogP contribution is -2.30. The Balaban J connectivity index is 2.07. The Labute approximate surface area is 112 Å². The van der Waals surface area contributed by atoms with Crippen LogP contribution in [0.2, 0.25) is 0 Å². The van der Waals surface area contributed by atoms with E-state index in [0.29, 0.717) is 24.6 Å². The lowest BCUT2D eigenvalue weighted by molar-refractivity contribution is -0.145. The lowest BCUT2D eigenvalue weighted by Gasteiger charge is -2.14. The summed E-state index contributed by atoms with van der Waals surface area (Å²) in [6.45, 7) is 2.03. The first-order valence-corrected chi connectivity index (χ1v) is 6.56. The molecule has 5 nitrogen and oxygen atoms in total. The van der Waals surface area contributed by atoms with Crippen LogP contribution in [-0.4, -0.2) is 22.0 Å². The average Bonchev–Trinajstić information content (AvgIpc) is 2.84. The standard InChI is InChI=1S/C14H18N2O3/c1-2-9-7-10(11(8-9)14(18)19)13(17)16-12-5-3-4-6-15-12/h3-6,9-11H,2,7-8H2,1H3,(H,18,19)(H,15,16,17)/t9?,10-,11+/m0/s1. The zero-order valence-electron chi connectivity index (χ0n) is 10.9. The summed E-state index contributed by atoms with van der Waals surface area (Å²) >= 11 is 0. The number of nitrogens with one attached hydrogen (secondary N) is 1. The van der Waals surface area contributed by atoms with Crippen molar-refractivity contribution in [1.29, 1.82) is 0 Å². The minimum absolute atomic E-state index is 0.234. The van der Waals surface area contributed by atoms with Gasteiger partial charge in [0.2, 0.25) is 5.91 Å². The first-order chi connectivity index (χ1) is 9.11. The smallest absolute Gasteiger partial charge is 0.307 e. The first kappa shape index (κ1) is 13.5. The molecule has 1 aromatic rings. The fraction of sp³-hybridized carbons (Fsp3) is 0.500. The molecular formula is C14H18N2O3. The van der Waals surface area contributed by atoms with Gasteiger partial charge < -0.3 is 10.4 Å². The molecule has 1 saturated carbocycles. The number of aliphatic carboxylic acids is 1. The van der Waals surface area contributed by atoms with Crippen LogP contribution in [0.3, 0.4) is 0 Å². The topological polar surface area (TPSA) is 79.3 Å². The molecule has 0 spiro atoms. The molecule has 0 radical (unpaired) electrons. The van der Waals surface area contributed by atoms with Crippen molar-refractivity contribution in [3.63, 3.8) is 0 Å². The molecule has 1 fully saturated rings. The first-order valence-electron chi connectivity index (χ1n) is 6.56. The van der Waals surface area contributed by atoms with Crippen molar-refractivity contribution < 1.29 is 14.7 Å². The van der Waals surface area contributed by atoms with E-state index in [0.717, 1.165) is 6.42 Å². The minimum Gasteiger partial charge on any atom is -0.481 e. The van der Waals surface area contributed by atoms with Gasteiger partial charge in [-0.25, -0.2) is 4.98 Å². The number of rotatable bonds is 4. The van der Waals surface area contributed by atoms with Gasteiger partial charge >= 0.3 is 5.97 Å². The van der Waals surface area contributed by atoms with E-state index in [1.807, 2.05) is 6.92 Å². The van der Waals surface area contributed by atoms with Gasteiger partial charge in [0.1, 0.15) is 5.82 Å². The van der Waals surface area contributed by atoms with Crippen molar-refractivity contribution in [2.45, 2.75) is 26.2 Å². The van der Waals surface area contributed by atoms with E-state index in [1.165, 1.54) is 0 Å². The van der Waals surface area contributed by atoms with Crippen LogP contribution in [0.4, 0.5) is 5.82 Å². The predicted molar refractivity (Wildman–Crippen MR) is 70.5 cm³/mol. The van der Waals surface area contributed by atoms with Crippen LogP contribution in [0, 0.1) is 17.8 Å². The van der Waals surface area contributed by atoms with Crippen LogP contribution < -0.4 is 5.32 Å². The van der Waals surface area contributed by atoms with E-state index in [2.05, 4.69) is 10.3 Å². The molecule has 102 valence electrons. The van der Waals surface area contributed by atoms with Crippen molar-refractivity contribution >= 4 is 17.7 Å². The van der Waals surface area contributed by atoms with E-state index in [-0.39, 0.29) is 5.91 Å². The zero-order valence-corrected chi connectivity index (χ0v) is 10.9. The van der Waals surface area contributed by atoms with Crippen LogP contribution in [0.5, 0.6) is 0 Å². The summed E-state index contributed by atoms with van der Waals surface area (Å²) in [5.41, 5.74) is 0. The molecular weight excluding hydrogens is 244 g/mol. The minimum atomic E-state index is -0.878. The Morgan fingerprint density at radius 2 is 2.11 bits per heavy atom. The molecule has 1 heterocycles. The molecule has 1 aliphatic carbocycles. The molecule has 5 heteroatoms. The molecule has 3 atom stereocenters. The number of anilines is 1. The molecule has 2 rings (SSSR count). The van der Waals surface area contributed by atoms with E-state index < -0.39 is 17.8 Å². The summed E-state index contributed by atoms with van der Waals surface area (Å²) in [6, 6.07) is 5.24. The number of nitrogens with zero attached hydrogens (tertiary/aromatic N) is 1. The molecule has 0 bridgehead atoms. The van der Waals surface area contributed by atoms with Gasteiger partial charge in [0.15, 0.2) is 0 Å². The van der Waals surface area contributed by atoms with Gasteiger partial charge in [0.05, 0.1) is 11.8 Å². The third kappa shape index (κ3) is 3.10. The van der Waals surface area contributed by atoms with Crippen LogP contribution in [0.1, 0.15) is 26.2 Å². The summed E-state index contributed by atoms with van der Waals surface area (Å²) in [6.07, 6.45) is 3.74. The molecule has 1 amide bonds. The Hall–Kier alpha value is -1.91.